The molecule has 0 saturated carbocycles. The van der Waals surface area contributed by atoms with Gasteiger partial charge in [-0.05, 0) is 6.92 Å². The van der Waals surface area contributed by atoms with Crippen LogP contribution in [0.3, 0.4) is 0 Å². The molecule has 1 saturated heterocycles. The van der Waals surface area contributed by atoms with E-state index in [2.05, 4.69) is 4.98 Å². The number of ether oxygens (including phenoxy) is 4. The first kappa shape index (κ1) is 17.8. The van der Waals surface area contributed by atoms with Crippen LogP contribution in [0.1, 0.15) is 11.8 Å². The number of aliphatic hydroxyl groups excluding tert-OH is 1. The Morgan fingerprint density at radius 3 is 2.78 bits per heavy atom. The maximum absolute atomic E-state index is 12.1. The lowest BCUT2D eigenvalue weighted by molar-refractivity contribution is -0.0831. The summed E-state index contributed by atoms with van der Waals surface area (Å²) in [5.74, 6) is 0.162. The Hall–Kier alpha value is -1.52. The molecule has 1 aromatic heterocycles. The van der Waals surface area contributed by atoms with Gasteiger partial charge in [0.15, 0.2) is 6.23 Å². The van der Waals surface area contributed by atoms with Crippen LogP contribution in [-0.4, -0.2) is 67.0 Å². The topological polar surface area (TPSA) is 118 Å². The van der Waals surface area contributed by atoms with Crippen LogP contribution in [0.25, 0.3) is 0 Å². The number of rotatable bonds is 7. The summed E-state index contributed by atoms with van der Waals surface area (Å²) in [4.78, 5) is 15.9. The van der Waals surface area contributed by atoms with Crippen molar-refractivity contribution in [3.05, 3.63) is 22.2 Å². The molecular formula is C14H23N3O6. The van der Waals surface area contributed by atoms with E-state index in [4.69, 9.17) is 24.7 Å². The predicted octanol–water partition coefficient (Wildman–Crippen LogP) is -0.930. The van der Waals surface area contributed by atoms with Gasteiger partial charge in [-0.15, -0.1) is 0 Å². The van der Waals surface area contributed by atoms with Gasteiger partial charge in [-0.1, -0.05) is 0 Å². The zero-order valence-electron chi connectivity index (χ0n) is 13.5. The number of nitrogens with zero attached hydrogens (tertiary/aromatic N) is 2. The van der Waals surface area contributed by atoms with Crippen LogP contribution in [0.5, 0.6) is 0 Å². The molecule has 4 unspecified atom stereocenters. The standard InChI is InChI=1S/C14H23N3O6/c1-8-6-17(14(19)16-12(8)15)13-11(22-5-4-20-2)10(18)9(23-13)7-21-3/h6,9-11,13,18H,4-5,7H2,1-3H3,(H2,15,16,19). The smallest absolute Gasteiger partial charge is 0.351 e. The number of aliphatic hydroxyl groups is 1. The Labute approximate surface area is 133 Å². The van der Waals surface area contributed by atoms with Gasteiger partial charge in [0.05, 0.1) is 19.8 Å². The molecule has 0 radical (unpaired) electrons. The van der Waals surface area contributed by atoms with Crippen molar-refractivity contribution in [2.75, 3.05) is 39.8 Å². The fraction of sp³-hybridized carbons (Fsp3) is 0.714. The third-order valence-corrected chi connectivity index (χ3v) is 3.69. The van der Waals surface area contributed by atoms with Crippen LogP contribution in [0, 0.1) is 6.92 Å². The molecule has 1 fully saturated rings. The lowest BCUT2D eigenvalue weighted by Crippen LogP contribution is -2.39. The number of hydrogen-bond donors (Lipinski definition) is 2. The molecule has 0 aromatic carbocycles. The molecule has 4 atom stereocenters. The van der Waals surface area contributed by atoms with Crippen molar-refractivity contribution in [1.82, 2.24) is 9.55 Å². The van der Waals surface area contributed by atoms with Crippen LogP contribution >= 0.6 is 0 Å². The zero-order chi connectivity index (χ0) is 17.0. The molecule has 9 heteroatoms. The Morgan fingerprint density at radius 2 is 2.13 bits per heavy atom. The van der Waals surface area contributed by atoms with Crippen molar-refractivity contribution < 1.29 is 24.1 Å². The van der Waals surface area contributed by atoms with Gasteiger partial charge in [0, 0.05) is 26.0 Å². The minimum absolute atomic E-state index is 0.162. The van der Waals surface area contributed by atoms with Gasteiger partial charge in [0.2, 0.25) is 0 Å². The maximum Gasteiger partial charge on any atom is 0.351 e. The number of hydrogen-bond acceptors (Lipinski definition) is 8. The van der Waals surface area contributed by atoms with E-state index in [0.29, 0.717) is 12.2 Å². The fourth-order valence-corrected chi connectivity index (χ4v) is 2.45. The minimum atomic E-state index is -0.943. The molecule has 0 aliphatic carbocycles. The summed E-state index contributed by atoms with van der Waals surface area (Å²) in [6.45, 7) is 2.53. The van der Waals surface area contributed by atoms with E-state index in [1.165, 1.54) is 11.7 Å². The highest BCUT2D eigenvalue weighted by Gasteiger charge is 2.46. The fourth-order valence-electron chi connectivity index (χ4n) is 2.45. The molecule has 130 valence electrons. The van der Waals surface area contributed by atoms with Gasteiger partial charge in [-0.25, -0.2) is 4.79 Å². The van der Waals surface area contributed by atoms with E-state index in [1.807, 2.05) is 0 Å². The molecule has 2 rings (SSSR count). The molecular weight excluding hydrogens is 306 g/mol. The van der Waals surface area contributed by atoms with E-state index in [1.54, 1.807) is 20.2 Å². The average molecular weight is 329 g/mol. The third kappa shape index (κ3) is 3.88. The first-order valence-electron chi connectivity index (χ1n) is 7.27. The highest BCUT2D eigenvalue weighted by Crippen LogP contribution is 2.31. The number of anilines is 1. The van der Waals surface area contributed by atoms with Crippen molar-refractivity contribution in [1.29, 1.82) is 0 Å². The SMILES string of the molecule is COCCOC1C(O)C(COC)OC1n1cc(C)c(N)nc1=O. The predicted molar refractivity (Wildman–Crippen MR) is 81.1 cm³/mol. The first-order valence-corrected chi connectivity index (χ1v) is 7.27. The lowest BCUT2D eigenvalue weighted by atomic mass is 10.1. The van der Waals surface area contributed by atoms with Crippen LogP contribution in [0.4, 0.5) is 5.82 Å². The normalized spacial score (nSPS) is 27.5. The quantitative estimate of drug-likeness (QED) is 0.616. The molecule has 1 aromatic rings. The lowest BCUT2D eigenvalue weighted by Gasteiger charge is -2.22. The van der Waals surface area contributed by atoms with Crippen molar-refractivity contribution in [3.63, 3.8) is 0 Å². The Balaban J connectivity index is 2.29. The maximum atomic E-state index is 12.1. The van der Waals surface area contributed by atoms with Gasteiger partial charge < -0.3 is 29.8 Å². The first-order chi connectivity index (χ1) is 11.0. The van der Waals surface area contributed by atoms with Gasteiger partial charge in [-0.2, -0.15) is 4.98 Å². The molecule has 0 amide bonds. The zero-order valence-corrected chi connectivity index (χ0v) is 13.5. The number of nitrogen functional groups attached to an aromatic ring is 1. The van der Waals surface area contributed by atoms with Gasteiger partial charge in [0.1, 0.15) is 24.1 Å². The molecule has 2 heterocycles. The second-order valence-electron chi connectivity index (χ2n) is 5.34. The Morgan fingerprint density at radius 1 is 1.39 bits per heavy atom. The van der Waals surface area contributed by atoms with E-state index in [0.717, 1.165) is 0 Å². The minimum Gasteiger partial charge on any atom is -0.387 e. The van der Waals surface area contributed by atoms with E-state index < -0.39 is 30.2 Å². The summed E-state index contributed by atoms with van der Waals surface area (Å²) < 4.78 is 22.7. The van der Waals surface area contributed by atoms with Crippen LogP contribution in [0.2, 0.25) is 0 Å². The summed E-state index contributed by atoms with van der Waals surface area (Å²) in [6, 6.07) is 0. The van der Waals surface area contributed by atoms with Gasteiger partial charge in [-0.3, -0.25) is 4.57 Å². The molecule has 0 spiro atoms. The number of nitrogens with two attached hydrogens (primary N) is 1. The second kappa shape index (κ2) is 7.84. The third-order valence-electron chi connectivity index (χ3n) is 3.69. The second-order valence-corrected chi connectivity index (χ2v) is 5.34. The van der Waals surface area contributed by atoms with E-state index >= 15 is 0 Å². The van der Waals surface area contributed by atoms with Gasteiger partial charge >= 0.3 is 5.69 Å². The summed E-state index contributed by atoms with van der Waals surface area (Å²) in [6.07, 6.45) is -1.57. The van der Waals surface area contributed by atoms with Gasteiger partial charge in [0.25, 0.3) is 0 Å². The summed E-state index contributed by atoms with van der Waals surface area (Å²) in [7, 11) is 3.05. The molecule has 1 aliphatic heterocycles. The monoisotopic (exact) mass is 329 g/mol. The van der Waals surface area contributed by atoms with Crippen molar-refractivity contribution in [2.45, 2.75) is 31.5 Å². The summed E-state index contributed by atoms with van der Waals surface area (Å²) in [5, 5.41) is 10.4. The summed E-state index contributed by atoms with van der Waals surface area (Å²) in [5.41, 5.74) is 5.71. The van der Waals surface area contributed by atoms with Crippen molar-refractivity contribution in [2.24, 2.45) is 0 Å². The number of aryl methyl sites for hydroxylation is 1. The molecule has 9 nitrogen and oxygen atoms in total. The Kier molecular flexibility index (Phi) is 6.08. The van der Waals surface area contributed by atoms with Crippen molar-refractivity contribution in [3.8, 4) is 0 Å². The largest absolute Gasteiger partial charge is 0.387 e. The molecule has 3 N–H and O–H groups in total. The molecule has 23 heavy (non-hydrogen) atoms. The number of aromatic nitrogens is 2. The highest BCUT2D eigenvalue weighted by atomic mass is 16.6. The van der Waals surface area contributed by atoms with Crippen LogP contribution in [-0.2, 0) is 18.9 Å². The summed E-state index contributed by atoms with van der Waals surface area (Å²) >= 11 is 0. The number of methoxy groups -OCH3 is 2. The van der Waals surface area contributed by atoms with E-state index in [-0.39, 0.29) is 19.0 Å². The average Bonchev–Trinajstić information content (AvgIpc) is 2.81. The van der Waals surface area contributed by atoms with Crippen molar-refractivity contribution >= 4 is 5.82 Å². The highest BCUT2D eigenvalue weighted by molar-refractivity contribution is 5.35. The van der Waals surface area contributed by atoms with Crippen LogP contribution < -0.4 is 11.4 Å². The molecule has 0 bridgehead atoms. The van der Waals surface area contributed by atoms with Crippen LogP contribution in [0.15, 0.2) is 11.0 Å². The molecule has 1 aliphatic rings. The van der Waals surface area contributed by atoms with E-state index in [9.17, 15) is 9.90 Å². The Bertz CT molecular complexity index is 578.